The quantitative estimate of drug-likeness (QED) is 0.860. The fraction of sp³-hybridized carbons (Fsp3) is 0.400. The van der Waals surface area contributed by atoms with E-state index in [1.807, 2.05) is 36.7 Å². The van der Waals surface area contributed by atoms with Gasteiger partial charge in [0.15, 0.2) is 0 Å². The minimum absolute atomic E-state index is 0.308. The number of nitrogens with zero attached hydrogens (tertiary/aromatic N) is 2. The molecule has 1 unspecified atom stereocenters. The maximum atomic E-state index is 5.84. The van der Waals surface area contributed by atoms with E-state index in [9.17, 15) is 0 Å². The summed E-state index contributed by atoms with van der Waals surface area (Å²) in [7, 11) is 0. The van der Waals surface area contributed by atoms with Crippen molar-refractivity contribution in [2.24, 2.45) is 0 Å². The molecule has 0 bridgehead atoms. The topological polar surface area (TPSA) is 53.1 Å². The van der Waals surface area contributed by atoms with E-state index in [-0.39, 0.29) is 0 Å². The first-order valence-corrected chi connectivity index (χ1v) is 6.81. The normalized spacial score (nSPS) is 19.5. The Hall–Kier alpha value is -1.81. The van der Waals surface area contributed by atoms with E-state index in [4.69, 9.17) is 10.5 Å². The third-order valence-corrected chi connectivity index (χ3v) is 3.53. The molecule has 2 aromatic rings. The van der Waals surface area contributed by atoms with Crippen LogP contribution in [0, 0.1) is 0 Å². The van der Waals surface area contributed by atoms with E-state index >= 15 is 0 Å². The smallest absolute Gasteiger partial charge is 0.140 e. The molecule has 1 aliphatic heterocycles. The van der Waals surface area contributed by atoms with Gasteiger partial charge >= 0.3 is 0 Å². The number of aromatic nitrogens is 2. The van der Waals surface area contributed by atoms with Gasteiger partial charge in [-0.15, -0.1) is 0 Å². The molecule has 1 saturated heterocycles. The number of hydrogen-bond acceptors (Lipinski definition) is 3. The molecule has 1 aromatic carbocycles. The van der Waals surface area contributed by atoms with Crippen LogP contribution in [0.2, 0.25) is 0 Å². The van der Waals surface area contributed by atoms with E-state index in [1.54, 1.807) is 0 Å². The van der Waals surface area contributed by atoms with Gasteiger partial charge in [0, 0.05) is 30.3 Å². The molecule has 0 saturated carbocycles. The zero-order valence-corrected chi connectivity index (χ0v) is 11.0. The van der Waals surface area contributed by atoms with Gasteiger partial charge in [-0.2, -0.15) is 0 Å². The third kappa shape index (κ3) is 2.79. The molecule has 0 amide bonds. The Morgan fingerprint density at radius 1 is 1.37 bits per heavy atom. The fourth-order valence-corrected chi connectivity index (χ4v) is 2.57. The zero-order chi connectivity index (χ0) is 13.1. The Morgan fingerprint density at radius 3 is 3.11 bits per heavy atom. The first-order chi connectivity index (χ1) is 9.33. The molecule has 19 heavy (non-hydrogen) atoms. The summed E-state index contributed by atoms with van der Waals surface area (Å²) in [6.07, 6.45) is 7.73. The molecule has 1 fully saturated rings. The SMILES string of the molecule is Nc1cccc(-c2nccn2CC2CCCCO2)c1. The van der Waals surface area contributed by atoms with Crippen LogP contribution in [0.3, 0.4) is 0 Å². The molecule has 0 radical (unpaired) electrons. The van der Waals surface area contributed by atoms with Crippen molar-refractivity contribution in [2.75, 3.05) is 12.3 Å². The summed E-state index contributed by atoms with van der Waals surface area (Å²) in [6, 6.07) is 7.85. The van der Waals surface area contributed by atoms with Crippen LogP contribution < -0.4 is 5.73 Å². The van der Waals surface area contributed by atoms with Gasteiger partial charge in [-0.25, -0.2) is 4.98 Å². The predicted molar refractivity (Wildman–Crippen MR) is 75.7 cm³/mol. The lowest BCUT2D eigenvalue weighted by Crippen LogP contribution is -2.24. The van der Waals surface area contributed by atoms with Gasteiger partial charge in [-0.3, -0.25) is 0 Å². The van der Waals surface area contributed by atoms with Gasteiger partial charge < -0.3 is 15.0 Å². The zero-order valence-electron chi connectivity index (χ0n) is 11.0. The van der Waals surface area contributed by atoms with Crippen LogP contribution in [-0.4, -0.2) is 22.3 Å². The second-order valence-corrected chi connectivity index (χ2v) is 5.02. The molecule has 0 spiro atoms. The van der Waals surface area contributed by atoms with Crippen molar-refractivity contribution in [1.82, 2.24) is 9.55 Å². The number of hydrogen-bond donors (Lipinski definition) is 1. The molecule has 4 heteroatoms. The Morgan fingerprint density at radius 2 is 2.32 bits per heavy atom. The summed E-state index contributed by atoms with van der Waals surface area (Å²) >= 11 is 0. The second-order valence-electron chi connectivity index (χ2n) is 5.02. The maximum absolute atomic E-state index is 5.84. The van der Waals surface area contributed by atoms with Crippen LogP contribution >= 0.6 is 0 Å². The molecule has 1 atom stereocenters. The first-order valence-electron chi connectivity index (χ1n) is 6.81. The standard InChI is InChI=1S/C15H19N3O/c16-13-5-3-4-12(10-13)15-17-7-8-18(15)11-14-6-1-2-9-19-14/h3-5,7-8,10,14H,1-2,6,9,11,16H2. The molecular weight excluding hydrogens is 238 g/mol. The average molecular weight is 257 g/mol. The summed E-state index contributed by atoms with van der Waals surface area (Å²) in [5.74, 6) is 0.960. The first kappa shape index (κ1) is 12.2. The lowest BCUT2D eigenvalue weighted by molar-refractivity contribution is 0.00624. The number of nitrogen functional groups attached to an aromatic ring is 1. The number of benzene rings is 1. The largest absolute Gasteiger partial charge is 0.399 e. The molecule has 1 aromatic heterocycles. The van der Waals surface area contributed by atoms with E-state index < -0.39 is 0 Å². The van der Waals surface area contributed by atoms with Crippen molar-refractivity contribution in [3.8, 4) is 11.4 Å². The van der Waals surface area contributed by atoms with Crippen LogP contribution in [0.15, 0.2) is 36.7 Å². The van der Waals surface area contributed by atoms with Crippen molar-refractivity contribution in [3.63, 3.8) is 0 Å². The van der Waals surface area contributed by atoms with Gasteiger partial charge in [0.1, 0.15) is 5.82 Å². The van der Waals surface area contributed by atoms with Crippen molar-refractivity contribution in [3.05, 3.63) is 36.7 Å². The Bertz CT molecular complexity index is 544. The van der Waals surface area contributed by atoms with E-state index in [0.29, 0.717) is 6.10 Å². The third-order valence-electron chi connectivity index (χ3n) is 3.53. The van der Waals surface area contributed by atoms with Gasteiger partial charge in [-0.05, 0) is 31.4 Å². The monoisotopic (exact) mass is 257 g/mol. The van der Waals surface area contributed by atoms with Crippen LogP contribution in [0.1, 0.15) is 19.3 Å². The molecule has 100 valence electrons. The minimum atomic E-state index is 0.308. The van der Waals surface area contributed by atoms with E-state index in [1.165, 1.54) is 12.8 Å². The van der Waals surface area contributed by atoms with E-state index in [2.05, 4.69) is 9.55 Å². The Kier molecular flexibility index (Phi) is 3.51. The van der Waals surface area contributed by atoms with Gasteiger partial charge in [0.05, 0.1) is 12.6 Å². The number of rotatable bonds is 3. The fourth-order valence-electron chi connectivity index (χ4n) is 2.57. The summed E-state index contributed by atoms with van der Waals surface area (Å²) in [4.78, 5) is 4.44. The number of imidazole rings is 1. The highest BCUT2D eigenvalue weighted by molar-refractivity contribution is 5.61. The highest BCUT2D eigenvalue weighted by Gasteiger charge is 2.16. The van der Waals surface area contributed by atoms with Gasteiger partial charge in [-0.1, -0.05) is 12.1 Å². The number of anilines is 1. The molecule has 2 heterocycles. The summed E-state index contributed by atoms with van der Waals surface area (Å²) < 4.78 is 7.95. The molecule has 2 N–H and O–H groups in total. The molecule has 3 rings (SSSR count). The lowest BCUT2D eigenvalue weighted by Gasteiger charge is -2.23. The predicted octanol–water partition coefficient (Wildman–Crippen LogP) is 2.70. The van der Waals surface area contributed by atoms with Crippen LogP contribution in [0.4, 0.5) is 5.69 Å². The molecule has 4 nitrogen and oxygen atoms in total. The Balaban J connectivity index is 1.81. The Labute approximate surface area is 113 Å². The summed E-state index contributed by atoms with van der Waals surface area (Å²) in [6.45, 7) is 1.75. The highest BCUT2D eigenvalue weighted by Crippen LogP contribution is 2.22. The summed E-state index contributed by atoms with van der Waals surface area (Å²) in [5.41, 5.74) is 7.66. The van der Waals surface area contributed by atoms with Crippen molar-refractivity contribution < 1.29 is 4.74 Å². The van der Waals surface area contributed by atoms with Crippen molar-refractivity contribution in [2.45, 2.75) is 31.9 Å². The van der Waals surface area contributed by atoms with Crippen molar-refractivity contribution >= 4 is 5.69 Å². The van der Waals surface area contributed by atoms with Crippen LogP contribution in [0.5, 0.6) is 0 Å². The van der Waals surface area contributed by atoms with Crippen LogP contribution in [0.25, 0.3) is 11.4 Å². The molecular formula is C15H19N3O. The van der Waals surface area contributed by atoms with E-state index in [0.717, 1.165) is 36.6 Å². The molecule has 0 aliphatic carbocycles. The number of ether oxygens (including phenoxy) is 1. The highest BCUT2D eigenvalue weighted by atomic mass is 16.5. The van der Waals surface area contributed by atoms with Gasteiger partial charge in [0.25, 0.3) is 0 Å². The maximum Gasteiger partial charge on any atom is 0.140 e. The van der Waals surface area contributed by atoms with Gasteiger partial charge in [0.2, 0.25) is 0 Å². The molecule has 1 aliphatic rings. The van der Waals surface area contributed by atoms with Crippen LogP contribution in [-0.2, 0) is 11.3 Å². The average Bonchev–Trinajstić information content (AvgIpc) is 2.88. The summed E-state index contributed by atoms with van der Waals surface area (Å²) in [5, 5.41) is 0. The second kappa shape index (κ2) is 5.45. The lowest BCUT2D eigenvalue weighted by atomic mass is 10.1. The minimum Gasteiger partial charge on any atom is -0.399 e. The number of nitrogens with two attached hydrogens (primary N) is 1. The van der Waals surface area contributed by atoms with Crippen molar-refractivity contribution in [1.29, 1.82) is 0 Å².